The van der Waals surface area contributed by atoms with E-state index in [1.54, 1.807) is 13.8 Å². The van der Waals surface area contributed by atoms with E-state index in [1.807, 2.05) is 0 Å². The molecule has 2 N–H and O–H groups in total. The Morgan fingerprint density at radius 2 is 1.89 bits per heavy atom. The molecule has 5 nitrogen and oxygen atoms in total. The van der Waals surface area contributed by atoms with Crippen LogP contribution in [0.15, 0.2) is 6.33 Å². The Labute approximate surface area is 108 Å². The Hall–Kier alpha value is -1.73. The molecule has 8 heteroatoms. The van der Waals surface area contributed by atoms with Gasteiger partial charge in [0.15, 0.2) is 5.69 Å². The van der Waals surface area contributed by atoms with Crippen molar-refractivity contribution in [1.82, 2.24) is 9.97 Å². The number of anilines is 1. The summed E-state index contributed by atoms with van der Waals surface area (Å²) >= 11 is 0. The number of halogens is 3. The zero-order valence-electron chi connectivity index (χ0n) is 10.7. The van der Waals surface area contributed by atoms with Gasteiger partial charge in [0.05, 0.1) is 12.7 Å². The van der Waals surface area contributed by atoms with Crippen molar-refractivity contribution in [2.24, 2.45) is 0 Å². The van der Waals surface area contributed by atoms with Crippen LogP contribution in [-0.4, -0.2) is 28.9 Å². The van der Waals surface area contributed by atoms with Gasteiger partial charge in [0.1, 0.15) is 6.33 Å². The largest absolute Gasteiger partial charge is 0.476 e. The predicted octanol–water partition coefficient (Wildman–Crippen LogP) is 2.57. The maximum atomic E-state index is 11.9. The molecule has 0 aliphatic rings. The molecule has 1 aromatic rings. The van der Waals surface area contributed by atoms with E-state index in [-0.39, 0.29) is 36.6 Å². The minimum Gasteiger partial charge on any atom is -0.476 e. The van der Waals surface area contributed by atoms with Crippen molar-refractivity contribution < 1.29 is 22.6 Å². The van der Waals surface area contributed by atoms with E-state index >= 15 is 0 Å². The zero-order chi connectivity index (χ0) is 14.5. The van der Waals surface area contributed by atoms with Crippen LogP contribution in [-0.2, 0) is 0 Å². The van der Waals surface area contributed by atoms with E-state index in [1.165, 1.54) is 6.33 Å². The van der Waals surface area contributed by atoms with Gasteiger partial charge in [-0.25, -0.2) is 0 Å². The number of rotatable bonds is 6. The number of hydrogen-bond acceptors (Lipinski definition) is 5. The third-order valence-corrected chi connectivity index (χ3v) is 2.00. The van der Waals surface area contributed by atoms with E-state index < -0.39 is 12.6 Å². The van der Waals surface area contributed by atoms with Gasteiger partial charge in [-0.2, -0.15) is 23.1 Å². The van der Waals surface area contributed by atoms with Gasteiger partial charge in [0.2, 0.25) is 11.8 Å². The van der Waals surface area contributed by atoms with Crippen molar-refractivity contribution in [3.8, 4) is 11.8 Å². The molecule has 1 aromatic heterocycles. The lowest BCUT2D eigenvalue weighted by Crippen LogP contribution is -2.12. The fourth-order valence-corrected chi connectivity index (χ4v) is 1.24. The molecule has 108 valence electrons. The van der Waals surface area contributed by atoms with Crippen LogP contribution in [0.4, 0.5) is 18.9 Å². The highest BCUT2D eigenvalue weighted by Crippen LogP contribution is 2.28. The van der Waals surface area contributed by atoms with Gasteiger partial charge in [-0.3, -0.25) is 0 Å². The Balaban J connectivity index is 2.54. The lowest BCUT2D eigenvalue weighted by atomic mass is 10.3. The van der Waals surface area contributed by atoms with E-state index in [9.17, 15) is 13.2 Å². The van der Waals surface area contributed by atoms with Crippen LogP contribution in [0.2, 0.25) is 0 Å². The molecular formula is C11H16F3N3O2. The average Bonchev–Trinajstić information content (AvgIpc) is 2.27. The first-order valence-electron chi connectivity index (χ1n) is 5.76. The Morgan fingerprint density at radius 3 is 2.47 bits per heavy atom. The van der Waals surface area contributed by atoms with E-state index in [0.29, 0.717) is 0 Å². The number of hydrogen-bond donors (Lipinski definition) is 1. The molecule has 0 aliphatic heterocycles. The van der Waals surface area contributed by atoms with Crippen molar-refractivity contribution in [3.63, 3.8) is 0 Å². The zero-order valence-corrected chi connectivity index (χ0v) is 10.7. The maximum absolute atomic E-state index is 11.9. The van der Waals surface area contributed by atoms with E-state index in [0.717, 1.165) is 0 Å². The van der Waals surface area contributed by atoms with Gasteiger partial charge in [0.25, 0.3) is 0 Å². The molecule has 0 unspecified atom stereocenters. The summed E-state index contributed by atoms with van der Waals surface area (Å²) in [5, 5.41) is 0. The van der Waals surface area contributed by atoms with E-state index in [4.69, 9.17) is 15.2 Å². The number of ether oxygens (including phenoxy) is 2. The van der Waals surface area contributed by atoms with Gasteiger partial charge >= 0.3 is 6.18 Å². The summed E-state index contributed by atoms with van der Waals surface area (Å²) in [6.45, 7) is 3.47. The summed E-state index contributed by atoms with van der Waals surface area (Å²) in [5.74, 6) is 0.198. The Kier molecular flexibility index (Phi) is 5.20. The molecule has 0 saturated carbocycles. The van der Waals surface area contributed by atoms with Crippen molar-refractivity contribution in [2.45, 2.75) is 39.0 Å². The molecule has 1 heterocycles. The first-order valence-corrected chi connectivity index (χ1v) is 5.76. The molecule has 0 spiro atoms. The molecule has 0 saturated heterocycles. The number of nitrogens with zero attached hydrogens (tertiary/aromatic N) is 2. The molecule has 0 bridgehead atoms. The van der Waals surface area contributed by atoms with Crippen molar-refractivity contribution >= 4 is 5.69 Å². The third kappa shape index (κ3) is 5.62. The number of alkyl halides is 3. The van der Waals surface area contributed by atoms with Crippen molar-refractivity contribution in [2.75, 3.05) is 12.3 Å². The molecular weight excluding hydrogens is 263 g/mol. The van der Waals surface area contributed by atoms with Crippen LogP contribution < -0.4 is 15.2 Å². The van der Waals surface area contributed by atoms with Crippen LogP contribution >= 0.6 is 0 Å². The fraction of sp³-hybridized carbons (Fsp3) is 0.636. The second-order valence-corrected chi connectivity index (χ2v) is 4.13. The topological polar surface area (TPSA) is 70.3 Å². The summed E-state index contributed by atoms with van der Waals surface area (Å²) in [6.07, 6.45) is -4.20. The highest BCUT2D eigenvalue weighted by atomic mass is 19.4. The molecule has 19 heavy (non-hydrogen) atoms. The summed E-state index contributed by atoms with van der Waals surface area (Å²) < 4.78 is 46.2. The number of nitrogen functional groups attached to an aromatic ring is 1. The standard InChI is InChI=1S/C11H16F3N3O2/c1-7(2)19-10-8(15)9(16-6-17-10)18-5-3-4-11(12,13)14/h6-7H,3-5,15H2,1-2H3. The first kappa shape index (κ1) is 15.3. The smallest absolute Gasteiger partial charge is 0.389 e. The van der Waals surface area contributed by atoms with Gasteiger partial charge in [-0.15, -0.1) is 0 Å². The molecule has 0 atom stereocenters. The van der Waals surface area contributed by atoms with Crippen LogP contribution in [0.3, 0.4) is 0 Å². The summed E-state index contributed by atoms with van der Waals surface area (Å²) in [6, 6.07) is 0. The molecule has 0 amide bonds. The average molecular weight is 279 g/mol. The Bertz CT molecular complexity index is 411. The second-order valence-electron chi connectivity index (χ2n) is 4.13. The van der Waals surface area contributed by atoms with Crippen LogP contribution in [0.5, 0.6) is 11.8 Å². The van der Waals surface area contributed by atoms with Crippen LogP contribution in [0.25, 0.3) is 0 Å². The summed E-state index contributed by atoms with van der Waals surface area (Å²) in [4.78, 5) is 7.59. The Morgan fingerprint density at radius 1 is 1.26 bits per heavy atom. The molecule has 1 rings (SSSR count). The second kappa shape index (κ2) is 6.44. The number of aromatic nitrogens is 2. The van der Waals surface area contributed by atoms with Gasteiger partial charge < -0.3 is 15.2 Å². The predicted molar refractivity (Wildman–Crippen MR) is 63.0 cm³/mol. The minimum atomic E-state index is -4.19. The molecule has 0 fully saturated rings. The minimum absolute atomic E-state index is 0.0350. The lowest BCUT2D eigenvalue weighted by Gasteiger charge is -2.13. The quantitative estimate of drug-likeness (QED) is 0.810. The first-order chi connectivity index (χ1) is 8.79. The highest BCUT2D eigenvalue weighted by molar-refractivity contribution is 5.55. The third-order valence-electron chi connectivity index (χ3n) is 2.00. The maximum Gasteiger partial charge on any atom is 0.389 e. The van der Waals surface area contributed by atoms with Gasteiger partial charge in [0, 0.05) is 6.42 Å². The van der Waals surface area contributed by atoms with Gasteiger partial charge in [-0.05, 0) is 20.3 Å². The summed E-state index contributed by atoms with van der Waals surface area (Å²) in [5.41, 5.74) is 5.79. The molecule has 0 aliphatic carbocycles. The normalized spacial score (nSPS) is 11.7. The van der Waals surface area contributed by atoms with E-state index in [2.05, 4.69) is 9.97 Å². The fourth-order valence-electron chi connectivity index (χ4n) is 1.24. The summed E-state index contributed by atoms with van der Waals surface area (Å²) in [7, 11) is 0. The van der Waals surface area contributed by atoms with Crippen molar-refractivity contribution in [1.29, 1.82) is 0 Å². The van der Waals surface area contributed by atoms with Gasteiger partial charge in [-0.1, -0.05) is 0 Å². The van der Waals surface area contributed by atoms with Crippen LogP contribution in [0.1, 0.15) is 26.7 Å². The lowest BCUT2D eigenvalue weighted by molar-refractivity contribution is -0.136. The monoisotopic (exact) mass is 279 g/mol. The molecule has 0 radical (unpaired) electrons. The highest BCUT2D eigenvalue weighted by Gasteiger charge is 2.26. The SMILES string of the molecule is CC(C)Oc1ncnc(OCCCC(F)(F)F)c1N. The number of nitrogens with two attached hydrogens (primary N) is 1. The van der Waals surface area contributed by atoms with Crippen LogP contribution in [0, 0.1) is 0 Å². The van der Waals surface area contributed by atoms with Crippen molar-refractivity contribution in [3.05, 3.63) is 6.33 Å². The molecule has 0 aromatic carbocycles.